The highest BCUT2D eigenvalue weighted by Gasteiger charge is 1.95. The number of ether oxygens (including phenoxy) is 1. The van der Waals surface area contributed by atoms with Gasteiger partial charge in [0.05, 0.1) is 0 Å². The number of rotatable bonds is 1. The summed E-state index contributed by atoms with van der Waals surface area (Å²) in [6, 6.07) is 0. The van der Waals surface area contributed by atoms with Gasteiger partial charge in [0.1, 0.15) is 0 Å². The highest BCUT2D eigenvalue weighted by molar-refractivity contribution is 5.82. The zero-order valence-corrected chi connectivity index (χ0v) is 6.25. The molecule has 1 saturated heterocycles. The summed E-state index contributed by atoms with van der Waals surface area (Å²) in [6.07, 6.45) is 2.56. The lowest BCUT2D eigenvalue weighted by molar-refractivity contribution is -0.135. The SMILES string of the molecule is C1CCOC1.C=C(O)C(=O)O. The van der Waals surface area contributed by atoms with Crippen LogP contribution in [0.5, 0.6) is 0 Å². The zero-order chi connectivity index (χ0) is 8.69. The van der Waals surface area contributed by atoms with Gasteiger partial charge in [0.25, 0.3) is 0 Å². The number of carboxylic acids is 1. The molecule has 0 unspecified atom stereocenters. The van der Waals surface area contributed by atoms with Crippen molar-refractivity contribution in [3.05, 3.63) is 12.3 Å². The highest BCUT2D eigenvalue weighted by atomic mass is 16.5. The fraction of sp³-hybridized carbons (Fsp3) is 0.571. The van der Waals surface area contributed by atoms with Crippen molar-refractivity contribution in [2.45, 2.75) is 12.8 Å². The molecule has 4 heteroatoms. The van der Waals surface area contributed by atoms with E-state index >= 15 is 0 Å². The number of aliphatic carboxylic acids is 1. The van der Waals surface area contributed by atoms with E-state index in [1.807, 2.05) is 0 Å². The first kappa shape index (κ1) is 9.97. The lowest BCUT2D eigenvalue weighted by Crippen LogP contribution is -1.95. The first-order chi connectivity index (χ1) is 5.14. The lowest BCUT2D eigenvalue weighted by Gasteiger charge is -1.79. The summed E-state index contributed by atoms with van der Waals surface area (Å²) in [5.74, 6) is -2.20. The highest BCUT2D eigenvalue weighted by Crippen LogP contribution is 1.98. The molecule has 2 N–H and O–H groups in total. The molecule has 0 aromatic rings. The number of hydrogen-bond donors (Lipinski definition) is 2. The molecule has 64 valence electrons. The van der Waals surface area contributed by atoms with Gasteiger partial charge < -0.3 is 14.9 Å². The first-order valence-corrected chi connectivity index (χ1v) is 3.33. The minimum atomic E-state index is -1.38. The van der Waals surface area contributed by atoms with Crippen molar-refractivity contribution < 1.29 is 19.7 Å². The van der Waals surface area contributed by atoms with E-state index in [4.69, 9.17) is 14.9 Å². The summed E-state index contributed by atoms with van der Waals surface area (Å²) in [5.41, 5.74) is 0. The molecule has 1 heterocycles. The fourth-order valence-corrected chi connectivity index (χ4v) is 0.510. The Morgan fingerprint density at radius 2 is 1.64 bits per heavy atom. The van der Waals surface area contributed by atoms with Crippen LogP contribution in [0.15, 0.2) is 12.3 Å². The number of aliphatic hydroxyl groups is 1. The van der Waals surface area contributed by atoms with E-state index in [0.29, 0.717) is 0 Å². The molecule has 1 fully saturated rings. The van der Waals surface area contributed by atoms with E-state index in [1.54, 1.807) is 0 Å². The van der Waals surface area contributed by atoms with Crippen LogP contribution < -0.4 is 0 Å². The first-order valence-electron chi connectivity index (χ1n) is 3.33. The van der Waals surface area contributed by atoms with E-state index in [9.17, 15) is 4.79 Å². The van der Waals surface area contributed by atoms with Crippen molar-refractivity contribution in [2.24, 2.45) is 0 Å². The van der Waals surface area contributed by atoms with Gasteiger partial charge in [-0.2, -0.15) is 0 Å². The van der Waals surface area contributed by atoms with Gasteiger partial charge in [-0.25, -0.2) is 4.79 Å². The van der Waals surface area contributed by atoms with Crippen LogP contribution in [0, 0.1) is 0 Å². The zero-order valence-electron chi connectivity index (χ0n) is 6.25. The van der Waals surface area contributed by atoms with Crippen LogP contribution in [-0.4, -0.2) is 29.4 Å². The maximum atomic E-state index is 9.35. The minimum absolute atomic E-state index is 0.824. The summed E-state index contributed by atoms with van der Waals surface area (Å²) in [6.45, 7) is 4.71. The molecule has 0 atom stereocenters. The summed E-state index contributed by atoms with van der Waals surface area (Å²) in [5, 5.41) is 15.5. The number of hydrogen-bond acceptors (Lipinski definition) is 3. The van der Waals surface area contributed by atoms with Gasteiger partial charge in [0.2, 0.25) is 0 Å². The van der Waals surface area contributed by atoms with Crippen LogP contribution in [-0.2, 0) is 9.53 Å². The molecule has 1 aliphatic rings. The molecule has 0 radical (unpaired) electrons. The molecule has 1 aliphatic heterocycles. The van der Waals surface area contributed by atoms with E-state index in [-0.39, 0.29) is 0 Å². The van der Waals surface area contributed by atoms with E-state index in [1.165, 1.54) is 12.8 Å². The molecular weight excluding hydrogens is 148 g/mol. The molecule has 0 bridgehead atoms. The average Bonchev–Trinajstić information content (AvgIpc) is 2.41. The standard InChI is InChI=1S/C4H8O.C3H4O3/c1-2-4-5-3-1;1-2(4)3(5)6/h1-4H2;4H,1H2,(H,5,6). The molecule has 0 aliphatic carbocycles. The van der Waals surface area contributed by atoms with Gasteiger partial charge >= 0.3 is 5.97 Å². The quantitative estimate of drug-likeness (QED) is 0.442. The van der Waals surface area contributed by atoms with Crippen LogP contribution in [0.2, 0.25) is 0 Å². The van der Waals surface area contributed by atoms with Crippen LogP contribution in [0.25, 0.3) is 0 Å². The largest absolute Gasteiger partial charge is 0.502 e. The third kappa shape index (κ3) is 6.86. The topological polar surface area (TPSA) is 66.8 Å². The fourth-order valence-electron chi connectivity index (χ4n) is 0.510. The minimum Gasteiger partial charge on any atom is -0.502 e. The monoisotopic (exact) mass is 160 g/mol. The molecule has 0 amide bonds. The number of carboxylic acid groups (broad SMARTS) is 1. The van der Waals surface area contributed by atoms with E-state index in [2.05, 4.69) is 6.58 Å². The van der Waals surface area contributed by atoms with Crippen molar-refractivity contribution in [3.8, 4) is 0 Å². The van der Waals surface area contributed by atoms with Gasteiger partial charge in [0.15, 0.2) is 5.76 Å². The summed E-state index contributed by atoms with van der Waals surface area (Å²) in [4.78, 5) is 9.35. The van der Waals surface area contributed by atoms with Crippen LogP contribution in [0.4, 0.5) is 0 Å². The second-order valence-corrected chi connectivity index (χ2v) is 2.07. The average molecular weight is 160 g/mol. The second-order valence-electron chi connectivity index (χ2n) is 2.07. The normalized spacial score (nSPS) is 14.9. The molecule has 1 rings (SSSR count). The number of carbonyl (C=O) groups is 1. The van der Waals surface area contributed by atoms with Gasteiger partial charge in [-0.3, -0.25) is 0 Å². The van der Waals surface area contributed by atoms with Crippen molar-refractivity contribution in [3.63, 3.8) is 0 Å². The molecule has 4 nitrogen and oxygen atoms in total. The number of aliphatic hydroxyl groups excluding tert-OH is 1. The third-order valence-corrected chi connectivity index (χ3v) is 1.07. The predicted octanol–water partition coefficient (Wildman–Crippen LogP) is 0.940. The Balaban J connectivity index is 0.000000183. The van der Waals surface area contributed by atoms with Gasteiger partial charge in [-0.15, -0.1) is 0 Å². The molecule has 0 aromatic heterocycles. The Labute approximate surface area is 65.1 Å². The molecule has 0 spiro atoms. The van der Waals surface area contributed by atoms with Crippen LogP contribution >= 0.6 is 0 Å². The Kier molecular flexibility index (Phi) is 5.20. The van der Waals surface area contributed by atoms with E-state index < -0.39 is 11.7 Å². The second kappa shape index (κ2) is 5.73. The van der Waals surface area contributed by atoms with Crippen molar-refractivity contribution >= 4 is 5.97 Å². The van der Waals surface area contributed by atoms with Gasteiger partial charge in [-0.1, -0.05) is 0 Å². The summed E-state index contributed by atoms with van der Waals surface area (Å²) < 4.78 is 4.94. The van der Waals surface area contributed by atoms with Crippen molar-refractivity contribution in [1.29, 1.82) is 0 Å². The summed E-state index contributed by atoms with van der Waals surface area (Å²) >= 11 is 0. The maximum Gasteiger partial charge on any atom is 0.370 e. The molecule has 0 saturated carbocycles. The van der Waals surface area contributed by atoms with Crippen molar-refractivity contribution in [1.82, 2.24) is 0 Å². The third-order valence-electron chi connectivity index (χ3n) is 1.07. The lowest BCUT2D eigenvalue weighted by atomic mass is 10.4. The molecule has 0 aromatic carbocycles. The Hall–Kier alpha value is -1.03. The van der Waals surface area contributed by atoms with Gasteiger partial charge in [-0.05, 0) is 19.4 Å². The predicted molar refractivity (Wildman–Crippen MR) is 39.5 cm³/mol. The van der Waals surface area contributed by atoms with Crippen molar-refractivity contribution in [2.75, 3.05) is 13.2 Å². The maximum absolute atomic E-state index is 9.35. The molecular formula is C7H12O4. The van der Waals surface area contributed by atoms with Gasteiger partial charge in [0, 0.05) is 13.2 Å². The summed E-state index contributed by atoms with van der Waals surface area (Å²) in [7, 11) is 0. The Morgan fingerprint density at radius 1 is 1.27 bits per heavy atom. The van der Waals surface area contributed by atoms with Crippen LogP contribution in [0.3, 0.4) is 0 Å². The van der Waals surface area contributed by atoms with E-state index in [0.717, 1.165) is 13.2 Å². The Morgan fingerprint density at radius 3 is 1.73 bits per heavy atom. The smallest absolute Gasteiger partial charge is 0.370 e. The molecule has 11 heavy (non-hydrogen) atoms. The van der Waals surface area contributed by atoms with Crippen LogP contribution in [0.1, 0.15) is 12.8 Å². The Bertz CT molecular complexity index is 118.